The summed E-state index contributed by atoms with van der Waals surface area (Å²) < 4.78 is 6.64. The number of hydrogen-bond acceptors (Lipinski definition) is 2. The van der Waals surface area contributed by atoms with Gasteiger partial charge in [-0.2, -0.15) is 0 Å². The number of rotatable bonds is 4. The van der Waals surface area contributed by atoms with Crippen LogP contribution >= 0.6 is 22.6 Å². The van der Waals surface area contributed by atoms with E-state index in [1.807, 2.05) is 0 Å². The Balaban J connectivity index is 1.95. The van der Waals surface area contributed by atoms with E-state index in [1.165, 1.54) is 11.0 Å². The lowest BCUT2D eigenvalue weighted by molar-refractivity contribution is -0.0463. The van der Waals surface area contributed by atoms with Crippen LogP contribution in [0.15, 0.2) is 0 Å². The van der Waals surface area contributed by atoms with Crippen LogP contribution in [-0.4, -0.2) is 41.7 Å². The van der Waals surface area contributed by atoms with Crippen molar-refractivity contribution in [1.29, 1.82) is 0 Å². The Kier molecular flexibility index (Phi) is 3.95. The zero-order valence-corrected chi connectivity index (χ0v) is 8.50. The van der Waals surface area contributed by atoms with Crippen LogP contribution in [0.3, 0.4) is 0 Å². The van der Waals surface area contributed by atoms with E-state index in [1.54, 1.807) is 0 Å². The molecule has 0 aromatic carbocycles. The Morgan fingerprint density at radius 3 is 2.80 bits per heavy atom. The summed E-state index contributed by atoms with van der Waals surface area (Å²) in [7, 11) is 0. The molecule has 1 aliphatic rings. The molecular formula is C7H14INO. The molecule has 1 rings (SSSR count). The molecule has 0 spiro atoms. The highest BCUT2D eigenvalue weighted by Crippen LogP contribution is 2.10. The molecule has 60 valence electrons. The molecule has 0 N–H and O–H groups in total. The topological polar surface area (TPSA) is 12.5 Å². The van der Waals surface area contributed by atoms with Gasteiger partial charge in [0.05, 0.1) is 6.10 Å². The maximum atomic E-state index is 5.41. The summed E-state index contributed by atoms with van der Waals surface area (Å²) in [5, 5.41) is 0. The summed E-state index contributed by atoms with van der Waals surface area (Å²) in [5.74, 6) is 0. The molecule has 1 heterocycles. The molecule has 0 aromatic rings. The minimum absolute atomic E-state index is 0.535. The molecule has 2 nitrogen and oxygen atoms in total. The van der Waals surface area contributed by atoms with Gasteiger partial charge in [0, 0.05) is 30.7 Å². The lowest BCUT2D eigenvalue weighted by Crippen LogP contribution is -2.52. The van der Waals surface area contributed by atoms with E-state index in [-0.39, 0.29) is 0 Å². The molecule has 0 bridgehead atoms. The van der Waals surface area contributed by atoms with Crippen molar-refractivity contribution in [2.45, 2.75) is 13.0 Å². The van der Waals surface area contributed by atoms with Crippen molar-refractivity contribution in [3.05, 3.63) is 0 Å². The van der Waals surface area contributed by atoms with Gasteiger partial charge in [0.2, 0.25) is 0 Å². The van der Waals surface area contributed by atoms with Crippen molar-refractivity contribution in [1.82, 2.24) is 4.90 Å². The van der Waals surface area contributed by atoms with Gasteiger partial charge in [-0.15, -0.1) is 0 Å². The molecule has 0 aliphatic carbocycles. The first-order valence-corrected chi connectivity index (χ1v) is 5.29. The quantitative estimate of drug-likeness (QED) is 0.551. The predicted octanol–water partition coefficient (Wildman–Crippen LogP) is 1.14. The van der Waals surface area contributed by atoms with Gasteiger partial charge in [-0.1, -0.05) is 22.6 Å². The van der Waals surface area contributed by atoms with Crippen molar-refractivity contribution < 1.29 is 4.74 Å². The molecular weight excluding hydrogens is 241 g/mol. The van der Waals surface area contributed by atoms with E-state index >= 15 is 0 Å². The van der Waals surface area contributed by atoms with Gasteiger partial charge in [-0.25, -0.2) is 0 Å². The fraction of sp³-hybridized carbons (Fsp3) is 1.00. The zero-order chi connectivity index (χ0) is 7.40. The van der Waals surface area contributed by atoms with E-state index in [2.05, 4.69) is 34.4 Å². The summed E-state index contributed by atoms with van der Waals surface area (Å²) in [5.41, 5.74) is 0. The highest BCUT2D eigenvalue weighted by molar-refractivity contribution is 14.1. The third kappa shape index (κ3) is 2.36. The summed E-state index contributed by atoms with van der Waals surface area (Å²) in [6.07, 6.45) is 0.535. The van der Waals surface area contributed by atoms with Crippen LogP contribution < -0.4 is 0 Å². The molecule has 1 saturated heterocycles. The molecule has 3 heteroatoms. The van der Waals surface area contributed by atoms with Crippen LogP contribution in [-0.2, 0) is 4.74 Å². The average molecular weight is 255 g/mol. The van der Waals surface area contributed by atoms with E-state index in [0.717, 1.165) is 19.7 Å². The maximum Gasteiger partial charge on any atom is 0.0828 e. The van der Waals surface area contributed by atoms with Crippen LogP contribution in [0.4, 0.5) is 0 Å². The first kappa shape index (κ1) is 8.74. The number of halogens is 1. The second-order valence-corrected chi connectivity index (χ2v) is 3.60. The van der Waals surface area contributed by atoms with Crippen LogP contribution in [0.25, 0.3) is 0 Å². The van der Waals surface area contributed by atoms with Gasteiger partial charge in [0.15, 0.2) is 0 Å². The van der Waals surface area contributed by atoms with Crippen molar-refractivity contribution in [2.24, 2.45) is 0 Å². The Bertz CT molecular complexity index is 83.6. The predicted molar refractivity (Wildman–Crippen MR) is 50.7 cm³/mol. The Morgan fingerprint density at radius 1 is 1.60 bits per heavy atom. The Hall–Kier alpha value is 0.650. The third-order valence-electron chi connectivity index (χ3n) is 1.73. The molecule has 0 atom stereocenters. The summed E-state index contributed by atoms with van der Waals surface area (Å²) >= 11 is 2.41. The molecule has 1 fully saturated rings. The fourth-order valence-electron chi connectivity index (χ4n) is 1.17. The number of nitrogens with zero attached hydrogens (tertiary/aromatic N) is 1. The number of likely N-dealkylation sites (tertiary alicyclic amines) is 1. The van der Waals surface area contributed by atoms with E-state index in [0.29, 0.717) is 6.10 Å². The molecule has 1 aliphatic heterocycles. The van der Waals surface area contributed by atoms with Crippen molar-refractivity contribution in [3.8, 4) is 0 Å². The van der Waals surface area contributed by atoms with Crippen molar-refractivity contribution >= 4 is 22.6 Å². The summed E-state index contributed by atoms with van der Waals surface area (Å²) in [6.45, 7) is 6.45. The fourth-order valence-corrected chi connectivity index (χ4v) is 1.85. The zero-order valence-electron chi connectivity index (χ0n) is 6.35. The Morgan fingerprint density at radius 2 is 2.30 bits per heavy atom. The molecule has 0 unspecified atom stereocenters. The van der Waals surface area contributed by atoms with E-state index in [9.17, 15) is 0 Å². The van der Waals surface area contributed by atoms with Crippen LogP contribution in [0.2, 0.25) is 0 Å². The number of ether oxygens (including phenoxy) is 1. The van der Waals surface area contributed by atoms with Crippen molar-refractivity contribution in [2.75, 3.05) is 30.7 Å². The van der Waals surface area contributed by atoms with Crippen LogP contribution in [0.1, 0.15) is 6.92 Å². The van der Waals surface area contributed by atoms with Crippen molar-refractivity contribution in [3.63, 3.8) is 0 Å². The van der Waals surface area contributed by atoms with Crippen LogP contribution in [0, 0.1) is 0 Å². The lowest BCUT2D eigenvalue weighted by atomic mass is 10.2. The minimum Gasteiger partial charge on any atom is -0.376 e. The normalized spacial score (nSPS) is 21.0. The summed E-state index contributed by atoms with van der Waals surface area (Å²) in [6, 6.07) is 0. The SMILES string of the molecule is CCOC1CN(CCI)C1. The minimum atomic E-state index is 0.535. The first-order chi connectivity index (χ1) is 4.86. The molecule has 10 heavy (non-hydrogen) atoms. The third-order valence-corrected chi connectivity index (χ3v) is 2.21. The van der Waals surface area contributed by atoms with Gasteiger partial charge in [-0.3, -0.25) is 4.90 Å². The number of hydrogen-bond donors (Lipinski definition) is 0. The van der Waals surface area contributed by atoms with Gasteiger partial charge in [-0.05, 0) is 6.92 Å². The summed E-state index contributed by atoms with van der Waals surface area (Å²) in [4.78, 5) is 2.42. The molecule has 0 radical (unpaired) electrons. The average Bonchev–Trinajstić information content (AvgIpc) is 1.84. The second-order valence-electron chi connectivity index (χ2n) is 2.53. The number of alkyl halides is 1. The monoisotopic (exact) mass is 255 g/mol. The smallest absolute Gasteiger partial charge is 0.0828 e. The highest BCUT2D eigenvalue weighted by Gasteiger charge is 2.25. The standard InChI is InChI=1S/C7H14INO/c1-2-10-7-5-9(6-7)4-3-8/h7H,2-6H2,1H3. The molecule has 0 saturated carbocycles. The van der Waals surface area contributed by atoms with Gasteiger partial charge >= 0.3 is 0 Å². The molecule has 0 amide bonds. The highest BCUT2D eigenvalue weighted by atomic mass is 127. The second kappa shape index (κ2) is 4.51. The maximum absolute atomic E-state index is 5.41. The van der Waals surface area contributed by atoms with E-state index < -0.39 is 0 Å². The van der Waals surface area contributed by atoms with E-state index in [4.69, 9.17) is 4.74 Å². The van der Waals surface area contributed by atoms with Gasteiger partial charge in [0.1, 0.15) is 0 Å². The largest absolute Gasteiger partial charge is 0.376 e. The first-order valence-electron chi connectivity index (χ1n) is 3.76. The van der Waals surface area contributed by atoms with Gasteiger partial charge < -0.3 is 4.74 Å². The van der Waals surface area contributed by atoms with Gasteiger partial charge in [0.25, 0.3) is 0 Å². The Labute approximate surface area is 76.1 Å². The lowest BCUT2D eigenvalue weighted by Gasteiger charge is -2.38. The molecule has 0 aromatic heterocycles. The van der Waals surface area contributed by atoms with Crippen LogP contribution in [0.5, 0.6) is 0 Å².